The first-order chi connectivity index (χ1) is 12.5. The minimum Gasteiger partial charge on any atom is -0.495 e. The van der Waals surface area contributed by atoms with E-state index in [1.807, 2.05) is 26.0 Å². The summed E-state index contributed by atoms with van der Waals surface area (Å²) in [5, 5.41) is 1.54. The molecule has 4 nitrogen and oxygen atoms in total. The Labute approximate surface area is 151 Å². The van der Waals surface area contributed by atoms with Gasteiger partial charge in [-0.1, -0.05) is 24.3 Å². The van der Waals surface area contributed by atoms with Gasteiger partial charge in [-0.2, -0.15) is 0 Å². The van der Waals surface area contributed by atoms with E-state index < -0.39 is 0 Å². The lowest BCUT2D eigenvalue weighted by Crippen LogP contribution is -2.23. The number of aryl methyl sites for hydroxylation is 2. The van der Waals surface area contributed by atoms with E-state index >= 15 is 0 Å². The standard InChI is InChI=1S/C22H18O4/c1-11-9-15-16(10-12(11)2)22(26-4)18-17(21(15)25-3)19(23)13-7-5-6-8-14(13)20(18)24/h5-10H,1-4H3. The third-order valence-electron chi connectivity index (χ3n) is 5.11. The summed E-state index contributed by atoms with van der Waals surface area (Å²) >= 11 is 0. The number of benzene rings is 3. The highest BCUT2D eigenvalue weighted by atomic mass is 16.5. The molecule has 0 radical (unpaired) electrons. The first-order valence-electron chi connectivity index (χ1n) is 8.37. The van der Waals surface area contributed by atoms with Crippen molar-refractivity contribution in [3.8, 4) is 11.5 Å². The summed E-state index contributed by atoms with van der Waals surface area (Å²) in [6.45, 7) is 4.00. The second-order valence-corrected chi connectivity index (χ2v) is 6.50. The summed E-state index contributed by atoms with van der Waals surface area (Å²) < 4.78 is 11.3. The molecule has 1 aliphatic carbocycles. The SMILES string of the molecule is COc1c2c(c(OC)c3cc(C)c(C)cc13)C(=O)c1ccccc1C2=O. The molecule has 0 aromatic heterocycles. The smallest absolute Gasteiger partial charge is 0.198 e. The van der Waals surface area contributed by atoms with E-state index in [-0.39, 0.29) is 22.7 Å². The minimum atomic E-state index is -0.217. The number of carbonyl (C=O) groups is 2. The Morgan fingerprint density at radius 3 is 1.42 bits per heavy atom. The molecule has 3 aromatic rings. The first kappa shape index (κ1) is 16.3. The normalized spacial score (nSPS) is 12.8. The average molecular weight is 346 g/mol. The lowest BCUT2D eigenvalue weighted by molar-refractivity contribution is 0.0974. The van der Waals surface area contributed by atoms with Gasteiger partial charge in [0.25, 0.3) is 0 Å². The van der Waals surface area contributed by atoms with Crippen molar-refractivity contribution in [3.63, 3.8) is 0 Å². The summed E-state index contributed by atoms with van der Waals surface area (Å²) in [4.78, 5) is 26.4. The van der Waals surface area contributed by atoms with E-state index in [0.717, 1.165) is 21.9 Å². The van der Waals surface area contributed by atoms with Gasteiger partial charge in [0.2, 0.25) is 0 Å². The molecule has 3 aromatic carbocycles. The van der Waals surface area contributed by atoms with E-state index in [2.05, 4.69) is 0 Å². The molecule has 130 valence electrons. The van der Waals surface area contributed by atoms with Gasteiger partial charge >= 0.3 is 0 Å². The van der Waals surface area contributed by atoms with Crippen LogP contribution in [-0.2, 0) is 0 Å². The van der Waals surface area contributed by atoms with Crippen molar-refractivity contribution in [3.05, 3.63) is 69.8 Å². The number of ketones is 2. The van der Waals surface area contributed by atoms with Crippen molar-refractivity contribution in [2.75, 3.05) is 14.2 Å². The van der Waals surface area contributed by atoms with Crippen LogP contribution < -0.4 is 9.47 Å². The van der Waals surface area contributed by atoms with Gasteiger partial charge in [0, 0.05) is 21.9 Å². The number of rotatable bonds is 2. The maximum Gasteiger partial charge on any atom is 0.198 e. The fraction of sp³-hybridized carbons (Fsp3) is 0.182. The fourth-order valence-corrected chi connectivity index (χ4v) is 3.69. The van der Waals surface area contributed by atoms with Crippen molar-refractivity contribution in [1.82, 2.24) is 0 Å². The first-order valence-corrected chi connectivity index (χ1v) is 8.37. The van der Waals surface area contributed by atoms with Crippen molar-refractivity contribution in [1.29, 1.82) is 0 Å². The fourth-order valence-electron chi connectivity index (χ4n) is 3.69. The number of ether oxygens (including phenoxy) is 2. The van der Waals surface area contributed by atoms with Gasteiger partial charge in [-0.05, 0) is 37.1 Å². The molecule has 0 bridgehead atoms. The van der Waals surface area contributed by atoms with E-state index in [1.165, 1.54) is 14.2 Å². The molecule has 4 rings (SSSR count). The molecule has 0 aliphatic heterocycles. The van der Waals surface area contributed by atoms with Crippen LogP contribution >= 0.6 is 0 Å². The zero-order chi connectivity index (χ0) is 18.6. The minimum absolute atomic E-state index is 0.217. The van der Waals surface area contributed by atoms with Gasteiger partial charge in [0.15, 0.2) is 11.6 Å². The molecule has 0 fully saturated rings. The van der Waals surface area contributed by atoms with Gasteiger partial charge in [-0.15, -0.1) is 0 Å². The maximum absolute atomic E-state index is 13.2. The number of hydrogen-bond acceptors (Lipinski definition) is 4. The highest BCUT2D eigenvalue weighted by Crippen LogP contribution is 2.45. The third-order valence-corrected chi connectivity index (χ3v) is 5.11. The molecule has 1 aliphatic rings. The highest BCUT2D eigenvalue weighted by molar-refractivity contribution is 6.32. The van der Waals surface area contributed by atoms with E-state index in [1.54, 1.807) is 24.3 Å². The summed E-state index contributed by atoms with van der Waals surface area (Å²) in [5.41, 5.74) is 3.51. The second-order valence-electron chi connectivity index (χ2n) is 6.50. The predicted molar refractivity (Wildman–Crippen MR) is 99.8 cm³/mol. The van der Waals surface area contributed by atoms with Crippen molar-refractivity contribution in [2.45, 2.75) is 13.8 Å². The molecule has 0 unspecified atom stereocenters. The van der Waals surface area contributed by atoms with E-state index in [9.17, 15) is 9.59 Å². The predicted octanol–water partition coefficient (Wildman–Crippen LogP) is 4.25. The quantitative estimate of drug-likeness (QED) is 0.544. The maximum atomic E-state index is 13.2. The topological polar surface area (TPSA) is 52.6 Å². The lowest BCUT2D eigenvalue weighted by atomic mass is 9.81. The van der Waals surface area contributed by atoms with Crippen molar-refractivity contribution >= 4 is 22.3 Å². The molecular weight excluding hydrogens is 328 g/mol. The molecule has 0 spiro atoms. The summed E-state index contributed by atoms with van der Waals surface area (Å²) in [7, 11) is 3.05. The second kappa shape index (κ2) is 5.70. The number of carbonyl (C=O) groups excluding carboxylic acids is 2. The number of methoxy groups -OCH3 is 2. The zero-order valence-electron chi connectivity index (χ0n) is 15.1. The third kappa shape index (κ3) is 2.02. The van der Waals surface area contributed by atoms with Gasteiger partial charge < -0.3 is 9.47 Å². The molecule has 0 atom stereocenters. The number of fused-ring (bicyclic) bond motifs is 3. The molecule has 0 N–H and O–H groups in total. The Balaban J connectivity index is 2.22. The highest BCUT2D eigenvalue weighted by Gasteiger charge is 2.36. The lowest BCUT2D eigenvalue weighted by Gasteiger charge is -2.24. The largest absolute Gasteiger partial charge is 0.495 e. The summed E-state index contributed by atoms with van der Waals surface area (Å²) in [6.07, 6.45) is 0. The van der Waals surface area contributed by atoms with Crippen LogP contribution in [0.15, 0.2) is 36.4 Å². The monoisotopic (exact) mass is 346 g/mol. The van der Waals surface area contributed by atoms with Crippen LogP contribution in [0.1, 0.15) is 43.0 Å². The van der Waals surface area contributed by atoms with E-state index in [0.29, 0.717) is 22.6 Å². The van der Waals surface area contributed by atoms with Crippen LogP contribution in [0.25, 0.3) is 10.8 Å². The Hall–Kier alpha value is -3.14. The van der Waals surface area contributed by atoms with Gasteiger partial charge in [-0.25, -0.2) is 0 Å². The van der Waals surface area contributed by atoms with Crippen molar-refractivity contribution < 1.29 is 19.1 Å². The van der Waals surface area contributed by atoms with Crippen LogP contribution in [0, 0.1) is 13.8 Å². The van der Waals surface area contributed by atoms with Crippen LogP contribution in [0.3, 0.4) is 0 Å². The summed E-state index contributed by atoms with van der Waals surface area (Å²) in [6, 6.07) is 10.8. The number of hydrogen-bond donors (Lipinski definition) is 0. The molecule has 0 saturated carbocycles. The van der Waals surface area contributed by atoms with E-state index in [4.69, 9.17) is 9.47 Å². The molecule has 26 heavy (non-hydrogen) atoms. The molecular formula is C22H18O4. The molecule has 0 saturated heterocycles. The Kier molecular flexibility index (Phi) is 3.58. The van der Waals surface area contributed by atoms with Crippen LogP contribution in [-0.4, -0.2) is 25.8 Å². The van der Waals surface area contributed by atoms with Crippen LogP contribution in [0.4, 0.5) is 0 Å². The van der Waals surface area contributed by atoms with Gasteiger partial charge in [-0.3, -0.25) is 9.59 Å². The molecule has 4 heteroatoms. The molecule has 0 amide bonds. The van der Waals surface area contributed by atoms with Crippen LogP contribution in [0.2, 0.25) is 0 Å². The van der Waals surface area contributed by atoms with Crippen molar-refractivity contribution in [2.24, 2.45) is 0 Å². The van der Waals surface area contributed by atoms with Gasteiger partial charge in [0.1, 0.15) is 11.5 Å². The molecule has 0 heterocycles. The summed E-state index contributed by atoms with van der Waals surface area (Å²) in [5.74, 6) is 0.412. The van der Waals surface area contributed by atoms with Gasteiger partial charge in [0.05, 0.1) is 25.3 Å². The van der Waals surface area contributed by atoms with Crippen LogP contribution in [0.5, 0.6) is 11.5 Å². The average Bonchev–Trinajstić information content (AvgIpc) is 2.65. The Morgan fingerprint density at radius 2 is 1.08 bits per heavy atom. The zero-order valence-corrected chi connectivity index (χ0v) is 15.1. The Morgan fingerprint density at radius 1 is 0.692 bits per heavy atom. The Bertz CT molecular complexity index is 1020.